The number of carbonyl (C=O) groups is 1. The predicted octanol–water partition coefficient (Wildman–Crippen LogP) is 2.76. The molecule has 6 heterocycles. The fourth-order valence-corrected chi connectivity index (χ4v) is 6.65. The number of amides is 1. The summed E-state index contributed by atoms with van der Waals surface area (Å²) in [4.78, 5) is 33.2. The standard InChI is InChI=1S/C28H30N8O5S/c29-18-3-1-2-4-19(18)32-28-33-20(23(26(30)38)27-34-31-14-36(27)28)10-16-9-15(13-42-16)17-12-40-25-21(37)11-22(41-24(17)25)35-5-7-39-8-6-35/h9,11-14,18-19H,1-8,10,29H2,(H2,30,38)(H,32,33)/t18-,19+/m1/s1. The van der Waals surface area contributed by atoms with Crippen molar-refractivity contribution < 1.29 is 18.4 Å². The second-order valence-corrected chi connectivity index (χ2v) is 11.7. The van der Waals surface area contributed by atoms with Gasteiger partial charge >= 0.3 is 0 Å². The van der Waals surface area contributed by atoms with E-state index < -0.39 is 5.91 Å². The quantitative estimate of drug-likeness (QED) is 0.254. The Hall–Kier alpha value is -4.27. The van der Waals surface area contributed by atoms with Gasteiger partial charge in [-0.2, -0.15) is 0 Å². The Morgan fingerprint density at radius 1 is 1.17 bits per heavy atom. The topological polar surface area (TPSA) is 180 Å². The maximum absolute atomic E-state index is 12.8. The second kappa shape index (κ2) is 10.9. The zero-order valence-corrected chi connectivity index (χ0v) is 23.6. The van der Waals surface area contributed by atoms with Gasteiger partial charge in [0.25, 0.3) is 5.91 Å². The van der Waals surface area contributed by atoms with Crippen LogP contribution in [0.15, 0.2) is 43.7 Å². The highest BCUT2D eigenvalue weighted by molar-refractivity contribution is 7.10. The summed E-state index contributed by atoms with van der Waals surface area (Å²) in [5.41, 5.74) is 15.1. The molecule has 5 aromatic heterocycles. The number of furan rings is 1. The van der Waals surface area contributed by atoms with Gasteiger partial charge in [0.15, 0.2) is 17.1 Å². The third kappa shape index (κ3) is 4.80. The highest BCUT2D eigenvalue weighted by Crippen LogP contribution is 2.35. The Morgan fingerprint density at radius 2 is 2.00 bits per heavy atom. The number of rotatable bonds is 7. The fourth-order valence-electron chi connectivity index (χ4n) is 5.76. The molecule has 14 heteroatoms. The number of morpholine rings is 1. The highest BCUT2D eigenvalue weighted by atomic mass is 32.1. The van der Waals surface area contributed by atoms with E-state index in [1.165, 1.54) is 30.0 Å². The summed E-state index contributed by atoms with van der Waals surface area (Å²) >= 11 is 1.49. The lowest BCUT2D eigenvalue weighted by Gasteiger charge is -2.30. The van der Waals surface area contributed by atoms with Gasteiger partial charge in [0.2, 0.25) is 17.0 Å². The van der Waals surface area contributed by atoms with Crippen molar-refractivity contribution in [3.8, 4) is 11.1 Å². The van der Waals surface area contributed by atoms with Crippen molar-refractivity contribution >= 4 is 45.9 Å². The number of nitrogens with zero attached hydrogens (tertiary/aromatic N) is 5. The number of primary amides is 1. The number of aromatic nitrogens is 4. The van der Waals surface area contributed by atoms with E-state index in [0.717, 1.165) is 36.1 Å². The van der Waals surface area contributed by atoms with Gasteiger partial charge in [0, 0.05) is 36.5 Å². The first kappa shape index (κ1) is 26.6. The lowest BCUT2D eigenvalue weighted by atomic mass is 9.91. The summed E-state index contributed by atoms with van der Waals surface area (Å²) in [5, 5.41) is 13.6. The minimum Gasteiger partial charge on any atom is -0.456 e. The van der Waals surface area contributed by atoms with Crippen LogP contribution in [0.1, 0.15) is 46.6 Å². The molecule has 2 aliphatic rings. The summed E-state index contributed by atoms with van der Waals surface area (Å²) in [7, 11) is 0. The minimum absolute atomic E-state index is 0.000187. The molecule has 0 aromatic carbocycles. The van der Waals surface area contributed by atoms with Crippen LogP contribution in [0.5, 0.6) is 0 Å². The number of ether oxygens (including phenoxy) is 1. The first-order chi connectivity index (χ1) is 20.5. The summed E-state index contributed by atoms with van der Waals surface area (Å²) in [6.45, 7) is 2.42. The van der Waals surface area contributed by atoms with E-state index >= 15 is 0 Å². The van der Waals surface area contributed by atoms with Gasteiger partial charge in [-0.3, -0.25) is 14.0 Å². The number of nitrogens with two attached hydrogens (primary N) is 2. The SMILES string of the molecule is NC(=O)c1c(Cc2cc(-c3coc4c(=O)cc(N5CCOCC5)oc34)cs2)nc(N[C@H]2CCCC[C@H]2N)n2cnnc12. The monoisotopic (exact) mass is 590 g/mol. The molecule has 7 rings (SSSR count). The molecule has 2 atom stereocenters. The fraction of sp³-hybridized carbons (Fsp3) is 0.393. The molecule has 0 bridgehead atoms. The van der Waals surface area contributed by atoms with Crippen molar-refractivity contribution in [2.45, 2.75) is 44.2 Å². The van der Waals surface area contributed by atoms with E-state index in [0.29, 0.717) is 67.0 Å². The molecular weight excluding hydrogens is 560 g/mol. The summed E-state index contributed by atoms with van der Waals surface area (Å²) < 4.78 is 18.9. The average Bonchev–Trinajstić information content (AvgIpc) is 3.75. The third-order valence-electron chi connectivity index (χ3n) is 7.97. The molecule has 1 saturated heterocycles. The normalized spacial score (nSPS) is 19.5. The van der Waals surface area contributed by atoms with Gasteiger partial charge in [0.1, 0.15) is 18.2 Å². The molecule has 0 spiro atoms. The van der Waals surface area contributed by atoms with Crippen LogP contribution < -0.4 is 27.1 Å². The molecule has 0 radical (unpaired) electrons. The van der Waals surface area contributed by atoms with Crippen molar-refractivity contribution in [1.29, 1.82) is 0 Å². The van der Waals surface area contributed by atoms with Crippen LogP contribution in [0.2, 0.25) is 0 Å². The molecule has 13 nitrogen and oxygen atoms in total. The lowest BCUT2D eigenvalue weighted by Crippen LogP contribution is -2.43. The van der Waals surface area contributed by atoms with Crippen LogP contribution >= 0.6 is 11.3 Å². The molecule has 2 fully saturated rings. The van der Waals surface area contributed by atoms with Crippen molar-refractivity contribution in [2.75, 3.05) is 36.5 Å². The van der Waals surface area contributed by atoms with Crippen molar-refractivity contribution in [3.63, 3.8) is 0 Å². The van der Waals surface area contributed by atoms with Crippen LogP contribution in [-0.2, 0) is 11.2 Å². The zero-order chi connectivity index (χ0) is 28.8. The number of hydrogen-bond donors (Lipinski definition) is 3. The van der Waals surface area contributed by atoms with E-state index in [4.69, 9.17) is 30.0 Å². The number of hydrogen-bond acceptors (Lipinski definition) is 12. The molecule has 1 aliphatic heterocycles. The summed E-state index contributed by atoms with van der Waals surface area (Å²) in [5.74, 6) is 0.377. The van der Waals surface area contributed by atoms with Gasteiger partial charge in [-0.25, -0.2) is 4.98 Å². The highest BCUT2D eigenvalue weighted by Gasteiger charge is 2.26. The molecule has 1 amide bonds. The van der Waals surface area contributed by atoms with E-state index in [9.17, 15) is 9.59 Å². The maximum atomic E-state index is 12.8. The number of nitrogens with one attached hydrogen (secondary N) is 1. The van der Waals surface area contributed by atoms with Gasteiger partial charge < -0.3 is 35.3 Å². The summed E-state index contributed by atoms with van der Waals surface area (Å²) in [6.07, 6.45) is 7.43. The lowest BCUT2D eigenvalue weighted by molar-refractivity contribution is 0.1000. The molecule has 1 aliphatic carbocycles. The van der Waals surface area contributed by atoms with E-state index in [-0.39, 0.29) is 28.7 Å². The van der Waals surface area contributed by atoms with Gasteiger partial charge in [-0.05, 0) is 29.9 Å². The largest absolute Gasteiger partial charge is 0.456 e. The summed E-state index contributed by atoms with van der Waals surface area (Å²) in [6, 6.07) is 3.48. The molecule has 5 aromatic rings. The van der Waals surface area contributed by atoms with Crippen LogP contribution in [0.3, 0.4) is 0 Å². The van der Waals surface area contributed by atoms with Crippen LogP contribution in [0, 0.1) is 0 Å². The molecule has 1 saturated carbocycles. The molecule has 0 unspecified atom stereocenters. The Balaban J connectivity index is 1.23. The molecule has 42 heavy (non-hydrogen) atoms. The third-order valence-corrected chi connectivity index (χ3v) is 8.91. The number of anilines is 2. The van der Waals surface area contributed by atoms with Crippen LogP contribution in [0.25, 0.3) is 27.9 Å². The average molecular weight is 591 g/mol. The molecule has 218 valence electrons. The van der Waals surface area contributed by atoms with Gasteiger partial charge in [0.05, 0.1) is 30.5 Å². The molecule has 5 N–H and O–H groups in total. The van der Waals surface area contributed by atoms with Gasteiger partial charge in [-0.15, -0.1) is 21.5 Å². The van der Waals surface area contributed by atoms with E-state index in [2.05, 4.69) is 15.5 Å². The predicted molar refractivity (Wildman–Crippen MR) is 157 cm³/mol. The first-order valence-electron chi connectivity index (χ1n) is 14.0. The van der Waals surface area contributed by atoms with Crippen LogP contribution in [-0.4, -0.2) is 63.9 Å². The van der Waals surface area contributed by atoms with Gasteiger partial charge in [-0.1, -0.05) is 12.8 Å². The Kier molecular flexibility index (Phi) is 6.88. The Bertz CT molecular complexity index is 1830. The smallest absolute Gasteiger partial charge is 0.254 e. The maximum Gasteiger partial charge on any atom is 0.254 e. The van der Waals surface area contributed by atoms with Crippen LogP contribution in [0.4, 0.5) is 11.8 Å². The Morgan fingerprint density at radius 3 is 2.81 bits per heavy atom. The number of fused-ring (bicyclic) bond motifs is 2. The van der Waals surface area contributed by atoms with E-state index in [1.807, 2.05) is 16.3 Å². The van der Waals surface area contributed by atoms with Crippen molar-refractivity contribution in [2.24, 2.45) is 11.5 Å². The minimum atomic E-state index is -0.633. The Labute approximate surface area is 243 Å². The number of carbonyl (C=O) groups excluding carboxylic acids is 1. The number of thiophene rings is 1. The van der Waals surface area contributed by atoms with Crippen molar-refractivity contribution in [1.82, 2.24) is 19.6 Å². The first-order valence-corrected chi connectivity index (χ1v) is 14.8. The van der Waals surface area contributed by atoms with Crippen molar-refractivity contribution in [3.05, 3.63) is 56.5 Å². The van der Waals surface area contributed by atoms with E-state index in [1.54, 1.807) is 4.40 Å². The molecular formula is C28H30N8O5S. The zero-order valence-electron chi connectivity index (χ0n) is 22.7. The second-order valence-electron chi connectivity index (χ2n) is 10.7.